The van der Waals surface area contributed by atoms with Crippen LogP contribution in [0.5, 0.6) is 5.75 Å². The molecule has 3 aromatic carbocycles. The molecule has 1 heterocycles. The Morgan fingerprint density at radius 1 is 0.733 bits per heavy atom. The van der Waals surface area contributed by atoms with Crippen LogP contribution in [0.25, 0.3) is 0 Å². The summed E-state index contributed by atoms with van der Waals surface area (Å²) in [6.45, 7) is 0.889. The summed E-state index contributed by atoms with van der Waals surface area (Å²) in [5, 5.41) is 0. The Hall–Kier alpha value is -3.40. The van der Waals surface area contributed by atoms with Gasteiger partial charge in [0.15, 0.2) is 0 Å². The first-order valence-corrected chi connectivity index (χ1v) is 10.4. The van der Waals surface area contributed by atoms with Crippen LogP contribution >= 0.6 is 0 Å². The Labute approximate surface area is 176 Å². The fraction of sp³-hybridized carbons (Fsp3) is 0.231. The second-order valence-electron chi connectivity index (χ2n) is 8.07. The maximum atomic E-state index is 13.0. The fourth-order valence-electron chi connectivity index (χ4n) is 4.56. The molecule has 3 atom stereocenters. The van der Waals surface area contributed by atoms with E-state index >= 15 is 0 Å². The largest absolute Gasteiger partial charge is 0.489 e. The van der Waals surface area contributed by atoms with Gasteiger partial charge in [0.2, 0.25) is 11.8 Å². The topological polar surface area (TPSA) is 46.6 Å². The number of fused-ring (bicyclic) bond motifs is 1. The summed E-state index contributed by atoms with van der Waals surface area (Å²) >= 11 is 0. The van der Waals surface area contributed by atoms with Crippen molar-refractivity contribution in [1.82, 2.24) is 4.90 Å². The second-order valence-corrected chi connectivity index (χ2v) is 8.07. The van der Waals surface area contributed by atoms with Crippen molar-refractivity contribution in [3.8, 4) is 5.75 Å². The van der Waals surface area contributed by atoms with Gasteiger partial charge in [-0.1, -0.05) is 72.8 Å². The first kappa shape index (κ1) is 18.6. The van der Waals surface area contributed by atoms with E-state index in [1.54, 1.807) is 0 Å². The molecular formula is C26H23NO3. The van der Waals surface area contributed by atoms with Crippen molar-refractivity contribution in [2.24, 2.45) is 11.8 Å². The van der Waals surface area contributed by atoms with Crippen LogP contribution in [0.2, 0.25) is 0 Å². The third kappa shape index (κ3) is 3.39. The molecular weight excluding hydrogens is 374 g/mol. The molecule has 4 nitrogen and oxygen atoms in total. The Morgan fingerprint density at radius 2 is 1.37 bits per heavy atom. The van der Waals surface area contributed by atoms with Gasteiger partial charge in [-0.15, -0.1) is 0 Å². The van der Waals surface area contributed by atoms with Gasteiger partial charge in [-0.25, -0.2) is 0 Å². The number of imide groups is 1. The van der Waals surface area contributed by atoms with E-state index in [4.69, 9.17) is 4.74 Å². The lowest BCUT2D eigenvalue weighted by Gasteiger charge is -2.36. The summed E-state index contributed by atoms with van der Waals surface area (Å²) in [7, 11) is 0. The molecule has 2 fully saturated rings. The van der Waals surface area contributed by atoms with Crippen LogP contribution in [0.15, 0.2) is 84.9 Å². The maximum Gasteiger partial charge on any atom is 0.234 e. The molecule has 0 aromatic heterocycles. The van der Waals surface area contributed by atoms with Gasteiger partial charge in [0.05, 0.1) is 18.4 Å². The lowest BCUT2D eigenvalue weighted by Crippen LogP contribution is -2.37. The quantitative estimate of drug-likeness (QED) is 0.573. The van der Waals surface area contributed by atoms with Gasteiger partial charge in [0.1, 0.15) is 12.4 Å². The van der Waals surface area contributed by atoms with Gasteiger partial charge < -0.3 is 4.74 Å². The summed E-state index contributed by atoms with van der Waals surface area (Å²) in [5.41, 5.74) is 3.21. The third-order valence-electron chi connectivity index (χ3n) is 6.25. The molecule has 2 aliphatic rings. The van der Waals surface area contributed by atoms with E-state index in [0.29, 0.717) is 13.2 Å². The molecule has 0 N–H and O–H groups in total. The minimum atomic E-state index is -0.225. The summed E-state index contributed by atoms with van der Waals surface area (Å²) in [6.07, 6.45) is 0.741. The van der Waals surface area contributed by atoms with E-state index in [2.05, 4.69) is 0 Å². The van der Waals surface area contributed by atoms with Gasteiger partial charge in [0, 0.05) is 0 Å². The van der Waals surface area contributed by atoms with E-state index < -0.39 is 0 Å². The average molecular weight is 397 g/mol. The Bertz CT molecular complexity index is 1050. The van der Waals surface area contributed by atoms with E-state index in [9.17, 15) is 9.59 Å². The maximum absolute atomic E-state index is 13.0. The Kier molecular flexibility index (Phi) is 4.83. The minimum absolute atomic E-state index is 0.0204. The summed E-state index contributed by atoms with van der Waals surface area (Å²) in [5.74, 6) is 0.466. The minimum Gasteiger partial charge on any atom is -0.489 e. The molecule has 1 saturated carbocycles. The lowest BCUT2D eigenvalue weighted by molar-refractivity contribution is -0.140. The highest BCUT2D eigenvalue weighted by Gasteiger charge is 2.58. The number of benzene rings is 3. The molecule has 30 heavy (non-hydrogen) atoms. The van der Waals surface area contributed by atoms with Gasteiger partial charge in [-0.2, -0.15) is 0 Å². The van der Waals surface area contributed by atoms with Gasteiger partial charge in [-0.05, 0) is 41.2 Å². The van der Waals surface area contributed by atoms with Gasteiger partial charge >= 0.3 is 0 Å². The monoisotopic (exact) mass is 397 g/mol. The highest BCUT2D eigenvalue weighted by Crippen LogP contribution is 2.53. The van der Waals surface area contributed by atoms with Crippen molar-refractivity contribution in [3.05, 3.63) is 102 Å². The van der Waals surface area contributed by atoms with Crippen LogP contribution in [-0.2, 0) is 22.7 Å². The molecule has 1 aliphatic heterocycles. The zero-order chi connectivity index (χ0) is 20.5. The second kappa shape index (κ2) is 7.79. The number of hydrogen-bond acceptors (Lipinski definition) is 3. The smallest absolute Gasteiger partial charge is 0.234 e. The summed E-state index contributed by atoms with van der Waals surface area (Å²) < 4.78 is 5.86. The van der Waals surface area contributed by atoms with E-state index in [1.165, 1.54) is 4.90 Å². The number of hydrogen-bond donors (Lipinski definition) is 0. The number of ether oxygens (including phenoxy) is 1. The van der Waals surface area contributed by atoms with Crippen molar-refractivity contribution in [1.29, 1.82) is 0 Å². The predicted molar refractivity (Wildman–Crippen MR) is 114 cm³/mol. The summed E-state index contributed by atoms with van der Waals surface area (Å²) in [6, 6.07) is 27.7. The van der Waals surface area contributed by atoms with Gasteiger partial charge in [0.25, 0.3) is 0 Å². The van der Waals surface area contributed by atoms with Crippen LogP contribution in [0.1, 0.15) is 29.0 Å². The van der Waals surface area contributed by atoms with Crippen LogP contribution in [0.4, 0.5) is 0 Å². The predicted octanol–water partition coefficient (Wildman–Crippen LogP) is 4.55. The number of carbonyl (C=O) groups is 2. The van der Waals surface area contributed by atoms with Crippen LogP contribution in [0, 0.1) is 11.8 Å². The number of carbonyl (C=O) groups excluding carboxylic acids is 2. The number of likely N-dealkylation sites (tertiary alicyclic amines) is 1. The first-order valence-electron chi connectivity index (χ1n) is 10.4. The van der Waals surface area contributed by atoms with Crippen molar-refractivity contribution in [3.63, 3.8) is 0 Å². The first-order chi connectivity index (χ1) is 14.7. The standard InChI is InChI=1S/C26H23NO3/c28-25-23-15-22(24(23)26(29)27(25)16-18-7-3-1-4-8-18)20-11-13-21(14-12-20)30-17-19-9-5-2-6-10-19/h1-14,22-24H,15-17H2/t22-,23+,24-/m1/s1. The van der Waals surface area contributed by atoms with Crippen molar-refractivity contribution >= 4 is 11.8 Å². The molecule has 3 aromatic rings. The third-order valence-corrected chi connectivity index (χ3v) is 6.25. The molecule has 0 bridgehead atoms. The van der Waals surface area contributed by atoms with E-state index in [-0.39, 0.29) is 29.6 Å². The van der Waals surface area contributed by atoms with Crippen molar-refractivity contribution in [2.75, 3.05) is 0 Å². The molecule has 4 heteroatoms. The van der Waals surface area contributed by atoms with E-state index in [0.717, 1.165) is 28.9 Å². The number of rotatable bonds is 6. The normalized spacial score (nSPS) is 22.5. The molecule has 1 aliphatic carbocycles. The van der Waals surface area contributed by atoms with Crippen LogP contribution in [0.3, 0.4) is 0 Å². The Morgan fingerprint density at radius 3 is 2.03 bits per heavy atom. The van der Waals surface area contributed by atoms with Crippen LogP contribution < -0.4 is 4.74 Å². The highest BCUT2D eigenvalue weighted by atomic mass is 16.5. The zero-order valence-corrected chi connectivity index (χ0v) is 16.6. The zero-order valence-electron chi connectivity index (χ0n) is 16.6. The number of amides is 2. The fourth-order valence-corrected chi connectivity index (χ4v) is 4.56. The molecule has 0 radical (unpaired) electrons. The highest BCUT2D eigenvalue weighted by molar-refractivity contribution is 6.07. The SMILES string of the molecule is O=C1[C@H]2[C@H](C[C@@H]2c2ccc(OCc3ccccc3)cc2)C(=O)N1Cc1ccccc1. The molecule has 1 saturated heterocycles. The van der Waals surface area contributed by atoms with Gasteiger partial charge in [-0.3, -0.25) is 14.5 Å². The van der Waals surface area contributed by atoms with Crippen molar-refractivity contribution < 1.29 is 14.3 Å². The lowest BCUT2D eigenvalue weighted by atomic mass is 9.63. The molecule has 0 unspecified atom stereocenters. The summed E-state index contributed by atoms with van der Waals surface area (Å²) in [4.78, 5) is 27.1. The number of nitrogens with zero attached hydrogens (tertiary/aromatic N) is 1. The van der Waals surface area contributed by atoms with Crippen molar-refractivity contribution in [2.45, 2.75) is 25.5 Å². The molecule has 5 rings (SSSR count). The van der Waals surface area contributed by atoms with E-state index in [1.807, 2.05) is 84.9 Å². The molecule has 2 amide bonds. The van der Waals surface area contributed by atoms with Crippen LogP contribution in [-0.4, -0.2) is 16.7 Å². The molecule has 0 spiro atoms. The average Bonchev–Trinajstić information content (AvgIpc) is 2.94. The molecule has 150 valence electrons. The Balaban J connectivity index is 1.24.